The lowest BCUT2D eigenvalue weighted by Crippen LogP contribution is -2.08. The lowest BCUT2D eigenvalue weighted by Gasteiger charge is -2.11. The summed E-state index contributed by atoms with van der Waals surface area (Å²) in [5.74, 6) is -0.610. The minimum Gasteiger partial charge on any atom is -0.487 e. The summed E-state index contributed by atoms with van der Waals surface area (Å²) in [6.45, 7) is 5.37. The predicted octanol–water partition coefficient (Wildman–Crippen LogP) is 2.99. The molecule has 0 aliphatic heterocycles. The second kappa shape index (κ2) is 4.84. The van der Waals surface area contributed by atoms with E-state index in [9.17, 15) is 4.79 Å². The molecule has 3 nitrogen and oxygen atoms in total. The van der Waals surface area contributed by atoms with Crippen LogP contribution in [-0.2, 0) is 0 Å². The van der Waals surface area contributed by atoms with Crippen LogP contribution in [0.4, 0.5) is 0 Å². The molecule has 15 heavy (non-hydrogen) atoms. The number of rotatable bonds is 4. The van der Waals surface area contributed by atoms with Gasteiger partial charge in [0.15, 0.2) is 0 Å². The number of carbonyl (C=O) groups is 1. The van der Waals surface area contributed by atoms with E-state index in [0.29, 0.717) is 5.75 Å². The highest BCUT2D eigenvalue weighted by molar-refractivity contribution is 6.33. The topological polar surface area (TPSA) is 46.5 Å². The van der Waals surface area contributed by atoms with E-state index in [1.807, 2.05) is 6.92 Å². The molecule has 80 valence electrons. The molecule has 1 N–H and O–H groups in total. The highest BCUT2D eigenvalue weighted by Crippen LogP contribution is 2.22. The van der Waals surface area contributed by atoms with Gasteiger partial charge in [0.25, 0.3) is 0 Å². The van der Waals surface area contributed by atoms with E-state index in [1.165, 1.54) is 12.1 Å². The second-order valence-corrected chi connectivity index (χ2v) is 3.41. The molecule has 0 aromatic heterocycles. The highest BCUT2D eigenvalue weighted by atomic mass is 35.5. The lowest BCUT2D eigenvalue weighted by atomic mass is 10.2. The minimum atomic E-state index is -1.07. The zero-order valence-corrected chi connectivity index (χ0v) is 8.99. The average Bonchev–Trinajstić information content (AvgIpc) is 2.20. The van der Waals surface area contributed by atoms with Crippen molar-refractivity contribution in [3.63, 3.8) is 0 Å². The quantitative estimate of drug-likeness (QED) is 0.803. The Kier molecular flexibility index (Phi) is 3.74. The fourth-order valence-electron chi connectivity index (χ4n) is 1.00. The number of halogens is 1. The standard InChI is InChI=1S/C11H11ClO3/c1-3-7(2)15-8-4-5-10(12)9(6-8)11(13)14/h3-7H,1H2,2H3,(H,13,14). The summed E-state index contributed by atoms with van der Waals surface area (Å²) in [6, 6.07) is 4.51. The summed E-state index contributed by atoms with van der Waals surface area (Å²) >= 11 is 5.71. The summed E-state index contributed by atoms with van der Waals surface area (Å²) < 4.78 is 5.37. The van der Waals surface area contributed by atoms with Gasteiger partial charge in [0.1, 0.15) is 11.9 Å². The van der Waals surface area contributed by atoms with Crippen molar-refractivity contribution >= 4 is 17.6 Å². The number of ether oxygens (including phenoxy) is 1. The van der Waals surface area contributed by atoms with E-state index in [4.69, 9.17) is 21.4 Å². The Morgan fingerprint density at radius 3 is 2.87 bits per heavy atom. The molecule has 1 atom stereocenters. The Morgan fingerprint density at radius 1 is 1.67 bits per heavy atom. The number of hydrogen-bond acceptors (Lipinski definition) is 2. The third-order valence-corrected chi connectivity index (χ3v) is 2.15. The Morgan fingerprint density at radius 2 is 2.33 bits per heavy atom. The van der Waals surface area contributed by atoms with E-state index < -0.39 is 5.97 Å². The average molecular weight is 227 g/mol. The van der Waals surface area contributed by atoms with Gasteiger partial charge in [0.05, 0.1) is 10.6 Å². The third-order valence-electron chi connectivity index (χ3n) is 1.82. The molecule has 1 aromatic carbocycles. The highest BCUT2D eigenvalue weighted by Gasteiger charge is 2.10. The largest absolute Gasteiger partial charge is 0.487 e. The summed E-state index contributed by atoms with van der Waals surface area (Å²) in [6.07, 6.45) is 1.45. The Hall–Kier alpha value is -1.48. The zero-order valence-electron chi connectivity index (χ0n) is 8.24. The molecule has 0 spiro atoms. The molecule has 0 aliphatic carbocycles. The van der Waals surface area contributed by atoms with Crippen LogP contribution in [0.25, 0.3) is 0 Å². The molecule has 0 saturated carbocycles. The fraction of sp³-hybridized carbons (Fsp3) is 0.182. The molecule has 1 unspecified atom stereocenters. The van der Waals surface area contributed by atoms with Gasteiger partial charge in [-0.05, 0) is 25.1 Å². The van der Waals surface area contributed by atoms with Crippen molar-refractivity contribution in [2.45, 2.75) is 13.0 Å². The zero-order chi connectivity index (χ0) is 11.4. The van der Waals surface area contributed by atoms with E-state index in [1.54, 1.807) is 12.1 Å². The van der Waals surface area contributed by atoms with Crippen LogP contribution in [-0.4, -0.2) is 17.2 Å². The van der Waals surface area contributed by atoms with Gasteiger partial charge >= 0.3 is 5.97 Å². The van der Waals surface area contributed by atoms with Crippen molar-refractivity contribution in [3.8, 4) is 5.75 Å². The Labute approximate surface area is 92.9 Å². The van der Waals surface area contributed by atoms with Crippen molar-refractivity contribution in [2.75, 3.05) is 0 Å². The summed E-state index contributed by atoms with van der Waals surface area (Å²) in [7, 11) is 0. The molecule has 0 radical (unpaired) electrons. The van der Waals surface area contributed by atoms with E-state index in [0.717, 1.165) is 0 Å². The first kappa shape index (κ1) is 11.6. The van der Waals surface area contributed by atoms with Crippen molar-refractivity contribution in [3.05, 3.63) is 41.4 Å². The molecule has 0 saturated heterocycles. The normalized spacial score (nSPS) is 11.9. The Bertz CT molecular complexity index is 387. The van der Waals surface area contributed by atoms with Crippen molar-refractivity contribution < 1.29 is 14.6 Å². The molecule has 0 fully saturated rings. The Balaban J connectivity index is 2.97. The van der Waals surface area contributed by atoms with Crippen molar-refractivity contribution in [1.29, 1.82) is 0 Å². The molecular weight excluding hydrogens is 216 g/mol. The minimum absolute atomic E-state index is 0.0328. The third kappa shape index (κ3) is 2.99. The number of benzene rings is 1. The van der Waals surface area contributed by atoms with Crippen LogP contribution in [0.1, 0.15) is 17.3 Å². The molecule has 0 bridgehead atoms. The summed E-state index contributed by atoms with van der Waals surface area (Å²) in [5, 5.41) is 9.02. The first-order valence-electron chi connectivity index (χ1n) is 4.36. The maximum absolute atomic E-state index is 10.8. The first-order valence-corrected chi connectivity index (χ1v) is 4.74. The maximum Gasteiger partial charge on any atom is 0.337 e. The lowest BCUT2D eigenvalue weighted by molar-refractivity contribution is 0.0696. The first-order chi connectivity index (χ1) is 7.04. The van der Waals surface area contributed by atoms with E-state index in [2.05, 4.69) is 6.58 Å². The van der Waals surface area contributed by atoms with Gasteiger partial charge in [-0.25, -0.2) is 4.79 Å². The van der Waals surface area contributed by atoms with Crippen LogP contribution in [0.3, 0.4) is 0 Å². The number of carboxylic acids is 1. The molecule has 0 aliphatic rings. The maximum atomic E-state index is 10.8. The molecule has 0 amide bonds. The monoisotopic (exact) mass is 226 g/mol. The summed E-state index contributed by atoms with van der Waals surface area (Å²) in [4.78, 5) is 10.8. The van der Waals surface area contributed by atoms with Gasteiger partial charge in [-0.3, -0.25) is 0 Å². The van der Waals surface area contributed by atoms with E-state index in [-0.39, 0.29) is 16.7 Å². The molecular formula is C11H11ClO3. The van der Waals surface area contributed by atoms with Crippen LogP contribution in [0, 0.1) is 0 Å². The number of aromatic carboxylic acids is 1. The van der Waals surface area contributed by atoms with Gasteiger partial charge in [0.2, 0.25) is 0 Å². The van der Waals surface area contributed by atoms with Crippen LogP contribution >= 0.6 is 11.6 Å². The number of carboxylic acid groups (broad SMARTS) is 1. The van der Waals surface area contributed by atoms with Gasteiger partial charge < -0.3 is 9.84 Å². The second-order valence-electron chi connectivity index (χ2n) is 3.01. The molecule has 0 heterocycles. The smallest absolute Gasteiger partial charge is 0.337 e. The van der Waals surface area contributed by atoms with Gasteiger partial charge in [0, 0.05) is 0 Å². The van der Waals surface area contributed by atoms with Gasteiger partial charge in [-0.1, -0.05) is 24.3 Å². The van der Waals surface area contributed by atoms with Gasteiger partial charge in [-0.2, -0.15) is 0 Å². The van der Waals surface area contributed by atoms with Crippen molar-refractivity contribution in [2.24, 2.45) is 0 Å². The predicted molar refractivity (Wildman–Crippen MR) is 58.7 cm³/mol. The van der Waals surface area contributed by atoms with Crippen molar-refractivity contribution in [1.82, 2.24) is 0 Å². The van der Waals surface area contributed by atoms with Crippen LogP contribution in [0.5, 0.6) is 5.75 Å². The molecule has 1 rings (SSSR count). The van der Waals surface area contributed by atoms with Gasteiger partial charge in [-0.15, -0.1) is 0 Å². The fourth-order valence-corrected chi connectivity index (χ4v) is 1.20. The summed E-state index contributed by atoms with van der Waals surface area (Å²) in [5.41, 5.74) is 0.0328. The van der Waals surface area contributed by atoms with Crippen LogP contribution < -0.4 is 4.74 Å². The van der Waals surface area contributed by atoms with E-state index >= 15 is 0 Å². The number of hydrogen-bond donors (Lipinski definition) is 1. The molecule has 4 heteroatoms. The van der Waals surface area contributed by atoms with Crippen LogP contribution in [0.2, 0.25) is 5.02 Å². The SMILES string of the molecule is C=CC(C)Oc1ccc(Cl)c(C(=O)O)c1. The van der Waals surface area contributed by atoms with Crippen LogP contribution in [0.15, 0.2) is 30.9 Å². The molecule has 1 aromatic rings.